The first-order valence-corrected chi connectivity index (χ1v) is 7.10. The fourth-order valence-corrected chi connectivity index (χ4v) is 3.41. The number of aliphatic carboxylic acids is 1. The summed E-state index contributed by atoms with van der Waals surface area (Å²) in [6.45, 7) is 4.03. The van der Waals surface area contributed by atoms with E-state index in [0.717, 1.165) is 25.7 Å². The SMILES string of the molecule is CC1(C)CCCCC1NS(=O)(=O)CC(=O)O. The lowest BCUT2D eigenvalue weighted by Crippen LogP contribution is -2.48. The Labute approximate surface area is 96.3 Å². The van der Waals surface area contributed by atoms with E-state index in [-0.39, 0.29) is 11.5 Å². The van der Waals surface area contributed by atoms with E-state index in [1.54, 1.807) is 0 Å². The maximum Gasteiger partial charge on any atom is 0.320 e. The number of carboxylic acid groups (broad SMARTS) is 1. The van der Waals surface area contributed by atoms with Crippen molar-refractivity contribution in [2.45, 2.75) is 45.6 Å². The molecule has 0 spiro atoms. The molecule has 0 aromatic rings. The molecule has 1 fully saturated rings. The Morgan fingerprint density at radius 3 is 2.56 bits per heavy atom. The van der Waals surface area contributed by atoms with Gasteiger partial charge in [-0.05, 0) is 18.3 Å². The van der Waals surface area contributed by atoms with Crippen LogP contribution >= 0.6 is 0 Å². The molecule has 1 saturated carbocycles. The highest BCUT2D eigenvalue weighted by molar-refractivity contribution is 7.90. The van der Waals surface area contributed by atoms with Gasteiger partial charge in [-0.25, -0.2) is 13.1 Å². The average molecular weight is 249 g/mol. The zero-order valence-corrected chi connectivity index (χ0v) is 10.5. The molecule has 0 bridgehead atoms. The van der Waals surface area contributed by atoms with Crippen LogP contribution in [0.15, 0.2) is 0 Å². The molecule has 2 N–H and O–H groups in total. The molecular weight excluding hydrogens is 230 g/mol. The second-order valence-corrected chi connectivity index (χ2v) is 6.81. The van der Waals surface area contributed by atoms with Gasteiger partial charge in [-0.3, -0.25) is 4.79 Å². The molecule has 1 aliphatic carbocycles. The van der Waals surface area contributed by atoms with Crippen LogP contribution in [-0.2, 0) is 14.8 Å². The third kappa shape index (κ3) is 3.75. The minimum absolute atomic E-state index is 0.0934. The zero-order valence-electron chi connectivity index (χ0n) is 9.69. The van der Waals surface area contributed by atoms with Gasteiger partial charge in [0.25, 0.3) is 0 Å². The molecule has 0 amide bonds. The number of hydrogen-bond donors (Lipinski definition) is 2. The van der Waals surface area contributed by atoms with Gasteiger partial charge in [0, 0.05) is 6.04 Å². The topological polar surface area (TPSA) is 83.5 Å². The minimum Gasteiger partial charge on any atom is -0.480 e. The van der Waals surface area contributed by atoms with Crippen molar-refractivity contribution in [2.24, 2.45) is 5.41 Å². The minimum atomic E-state index is -3.70. The third-order valence-electron chi connectivity index (χ3n) is 3.14. The largest absolute Gasteiger partial charge is 0.480 e. The normalized spacial score (nSPS) is 25.2. The molecule has 5 nitrogen and oxygen atoms in total. The first-order valence-electron chi connectivity index (χ1n) is 5.45. The Morgan fingerprint density at radius 1 is 1.44 bits per heavy atom. The van der Waals surface area contributed by atoms with Crippen molar-refractivity contribution in [3.8, 4) is 0 Å². The Morgan fingerprint density at radius 2 is 2.06 bits per heavy atom. The van der Waals surface area contributed by atoms with E-state index in [1.807, 2.05) is 13.8 Å². The molecule has 6 heteroatoms. The maximum absolute atomic E-state index is 11.5. The van der Waals surface area contributed by atoms with E-state index in [1.165, 1.54) is 0 Å². The summed E-state index contributed by atoms with van der Waals surface area (Å²) in [6, 6.07) is -0.148. The second-order valence-electron chi connectivity index (χ2n) is 5.06. The third-order valence-corrected chi connectivity index (χ3v) is 4.41. The van der Waals surface area contributed by atoms with Crippen molar-refractivity contribution in [3.63, 3.8) is 0 Å². The van der Waals surface area contributed by atoms with Crippen LogP contribution in [0.2, 0.25) is 0 Å². The molecule has 1 rings (SSSR count). The Hall–Kier alpha value is -0.620. The van der Waals surface area contributed by atoms with E-state index in [0.29, 0.717) is 0 Å². The first-order chi connectivity index (χ1) is 7.23. The smallest absolute Gasteiger partial charge is 0.320 e. The fraction of sp³-hybridized carbons (Fsp3) is 0.900. The number of carbonyl (C=O) groups is 1. The van der Waals surface area contributed by atoms with Gasteiger partial charge in [0.05, 0.1) is 0 Å². The summed E-state index contributed by atoms with van der Waals surface area (Å²) in [5.74, 6) is -2.17. The van der Waals surface area contributed by atoms with Crippen LogP contribution in [0.4, 0.5) is 0 Å². The lowest BCUT2D eigenvalue weighted by molar-refractivity contribution is -0.134. The van der Waals surface area contributed by atoms with E-state index in [2.05, 4.69) is 4.72 Å². The molecule has 0 aromatic carbocycles. The summed E-state index contributed by atoms with van der Waals surface area (Å²) in [6.07, 6.45) is 3.84. The molecule has 0 radical (unpaired) electrons. The number of carboxylic acids is 1. The lowest BCUT2D eigenvalue weighted by Gasteiger charge is -2.38. The number of rotatable bonds is 4. The van der Waals surface area contributed by atoms with E-state index in [9.17, 15) is 13.2 Å². The molecule has 1 atom stereocenters. The van der Waals surface area contributed by atoms with Crippen LogP contribution in [0.25, 0.3) is 0 Å². The van der Waals surface area contributed by atoms with Crippen molar-refractivity contribution in [1.29, 1.82) is 0 Å². The molecule has 0 aliphatic heterocycles. The summed E-state index contributed by atoms with van der Waals surface area (Å²) in [5.41, 5.74) is -0.0934. The van der Waals surface area contributed by atoms with Gasteiger partial charge < -0.3 is 5.11 Å². The maximum atomic E-state index is 11.5. The summed E-state index contributed by atoms with van der Waals surface area (Å²) in [4.78, 5) is 10.4. The molecule has 0 saturated heterocycles. The van der Waals surface area contributed by atoms with Crippen molar-refractivity contribution in [2.75, 3.05) is 5.75 Å². The highest BCUT2D eigenvalue weighted by atomic mass is 32.2. The van der Waals surface area contributed by atoms with Gasteiger partial charge in [-0.2, -0.15) is 0 Å². The fourth-order valence-electron chi connectivity index (χ4n) is 2.13. The van der Waals surface area contributed by atoms with Crippen molar-refractivity contribution in [1.82, 2.24) is 4.72 Å². The molecule has 1 unspecified atom stereocenters. The highest BCUT2D eigenvalue weighted by Gasteiger charge is 2.35. The molecule has 0 aromatic heterocycles. The lowest BCUT2D eigenvalue weighted by atomic mass is 9.74. The van der Waals surface area contributed by atoms with Crippen LogP contribution < -0.4 is 4.72 Å². The predicted molar refractivity (Wildman–Crippen MR) is 60.6 cm³/mol. The van der Waals surface area contributed by atoms with Gasteiger partial charge in [-0.15, -0.1) is 0 Å². The Kier molecular flexibility index (Phi) is 3.96. The monoisotopic (exact) mass is 249 g/mol. The van der Waals surface area contributed by atoms with Crippen LogP contribution in [-0.4, -0.2) is 31.3 Å². The molecule has 94 valence electrons. The van der Waals surface area contributed by atoms with Crippen LogP contribution in [0.1, 0.15) is 39.5 Å². The van der Waals surface area contributed by atoms with Crippen LogP contribution in [0.3, 0.4) is 0 Å². The second kappa shape index (κ2) is 4.71. The van der Waals surface area contributed by atoms with Crippen molar-refractivity contribution < 1.29 is 18.3 Å². The van der Waals surface area contributed by atoms with E-state index < -0.39 is 21.7 Å². The summed E-state index contributed by atoms with van der Waals surface area (Å²) in [7, 11) is -3.70. The van der Waals surface area contributed by atoms with Gasteiger partial charge in [0.2, 0.25) is 10.0 Å². The van der Waals surface area contributed by atoms with Gasteiger partial charge in [0.15, 0.2) is 5.75 Å². The van der Waals surface area contributed by atoms with E-state index >= 15 is 0 Å². The summed E-state index contributed by atoms with van der Waals surface area (Å²) >= 11 is 0. The number of sulfonamides is 1. The summed E-state index contributed by atoms with van der Waals surface area (Å²) in [5, 5.41) is 8.49. The van der Waals surface area contributed by atoms with Crippen molar-refractivity contribution in [3.05, 3.63) is 0 Å². The highest BCUT2D eigenvalue weighted by Crippen LogP contribution is 2.35. The summed E-state index contributed by atoms with van der Waals surface area (Å²) < 4.78 is 25.5. The van der Waals surface area contributed by atoms with Gasteiger partial charge in [-0.1, -0.05) is 26.7 Å². The van der Waals surface area contributed by atoms with Gasteiger partial charge in [0.1, 0.15) is 0 Å². The number of hydrogen-bond acceptors (Lipinski definition) is 3. The number of nitrogens with one attached hydrogen (secondary N) is 1. The standard InChI is InChI=1S/C10H19NO4S/c1-10(2)6-4-3-5-8(10)11-16(14,15)7-9(12)13/h8,11H,3-7H2,1-2H3,(H,12,13). The van der Waals surface area contributed by atoms with Crippen LogP contribution in [0, 0.1) is 5.41 Å². The van der Waals surface area contributed by atoms with Crippen LogP contribution in [0.5, 0.6) is 0 Å². The molecular formula is C10H19NO4S. The Balaban J connectivity index is 2.68. The van der Waals surface area contributed by atoms with Crippen molar-refractivity contribution >= 4 is 16.0 Å². The van der Waals surface area contributed by atoms with E-state index in [4.69, 9.17) is 5.11 Å². The first kappa shape index (κ1) is 13.4. The van der Waals surface area contributed by atoms with Gasteiger partial charge >= 0.3 is 5.97 Å². The molecule has 1 aliphatic rings. The average Bonchev–Trinajstić information content (AvgIpc) is 2.05. The zero-order chi connectivity index (χ0) is 12.4. The quantitative estimate of drug-likeness (QED) is 0.777. The Bertz CT molecular complexity index is 361. The molecule has 16 heavy (non-hydrogen) atoms. The molecule has 0 heterocycles. The predicted octanol–water partition coefficient (Wildman–Crippen LogP) is 0.959.